The van der Waals surface area contributed by atoms with Crippen LogP contribution >= 0.6 is 15.9 Å². The number of ether oxygens (including phenoxy) is 2. The molecule has 18 heavy (non-hydrogen) atoms. The molecule has 1 aliphatic rings. The van der Waals surface area contributed by atoms with Gasteiger partial charge in [0, 0.05) is 10.9 Å². The summed E-state index contributed by atoms with van der Waals surface area (Å²) in [5.74, 6) is -0.423. The van der Waals surface area contributed by atoms with Gasteiger partial charge >= 0.3 is 0 Å². The first kappa shape index (κ1) is 15.6. The molecule has 4 nitrogen and oxygen atoms in total. The van der Waals surface area contributed by atoms with Crippen molar-refractivity contribution in [3.8, 4) is 0 Å². The van der Waals surface area contributed by atoms with E-state index in [2.05, 4.69) is 28.1 Å². The number of rotatable bonds is 3. The maximum Gasteiger partial charge on any atom is 0.169 e. The van der Waals surface area contributed by atoms with Gasteiger partial charge in [-0.3, -0.25) is 0 Å². The van der Waals surface area contributed by atoms with Crippen LogP contribution in [0.4, 0.5) is 0 Å². The number of hydrogen-bond donors (Lipinski definition) is 2. The lowest BCUT2D eigenvalue weighted by molar-refractivity contribution is -0.140. The van der Waals surface area contributed by atoms with E-state index < -0.39 is 5.79 Å². The summed E-state index contributed by atoms with van der Waals surface area (Å²) >= 11 is 3.41. The van der Waals surface area contributed by atoms with E-state index in [-0.39, 0.29) is 13.2 Å². The first-order chi connectivity index (χ1) is 8.59. The van der Waals surface area contributed by atoms with Crippen LogP contribution in [0.2, 0.25) is 0 Å². The van der Waals surface area contributed by atoms with Crippen molar-refractivity contribution >= 4 is 15.9 Å². The lowest BCUT2D eigenvalue weighted by atomic mass is 10.1. The van der Waals surface area contributed by atoms with Gasteiger partial charge in [0.25, 0.3) is 0 Å². The van der Waals surface area contributed by atoms with Crippen LogP contribution in [0.1, 0.15) is 12.5 Å². The Kier molecular flexibility index (Phi) is 6.81. The number of aliphatic hydroxyl groups excluding tert-OH is 2. The van der Waals surface area contributed by atoms with Crippen molar-refractivity contribution in [1.29, 1.82) is 0 Å². The van der Waals surface area contributed by atoms with Gasteiger partial charge in [-0.1, -0.05) is 28.1 Å². The molecule has 0 unspecified atom stereocenters. The Bertz CT molecular complexity index is 331. The molecule has 0 radical (unpaired) electrons. The highest BCUT2D eigenvalue weighted by Gasteiger charge is 2.30. The molecule has 0 spiro atoms. The average Bonchev–Trinajstić information content (AvgIpc) is 2.79. The van der Waals surface area contributed by atoms with Crippen molar-refractivity contribution in [2.45, 2.75) is 19.1 Å². The SMILES string of the molecule is CC1(Cc2ccc(Br)cc2)OCCO1.OCCO. The predicted octanol–water partition coefficient (Wildman–Crippen LogP) is 1.73. The van der Waals surface area contributed by atoms with E-state index in [4.69, 9.17) is 19.7 Å². The van der Waals surface area contributed by atoms with Crippen molar-refractivity contribution in [1.82, 2.24) is 0 Å². The van der Waals surface area contributed by atoms with E-state index >= 15 is 0 Å². The Morgan fingerprint density at radius 1 is 1.11 bits per heavy atom. The minimum Gasteiger partial charge on any atom is -0.394 e. The van der Waals surface area contributed by atoms with E-state index in [1.807, 2.05) is 19.1 Å². The summed E-state index contributed by atoms with van der Waals surface area (Å²) in [6.45, 7) is 3.14. The molecular weight excluding hydrogens is 300 g/mol. The molecule has 1 aliphatic heterocycles. The summed E-state index contributed by atoms with van der Waals surface area (Å²) < 4.78 is 12.2. The van der Waals surface area contributed by atoms with Crippen molar-refractivity contribution < 1.29 is 19.7 Å². The van der Waals surface area contributed by atoms with Crippen LogP contribution in [0.25, 0.3) is 0 Å². The third kappa shape index (κ3) is 5.46. The maximum absolute atomic E-state index is 7.62. The molecule has 1 heterocycles. The van der Waals surface area contributed by atoms with Crippen LogP contribution in [0, 0.1) is 0 Å². The van der Waals surface area contributed by atoms with Crippen LogP contribution in [0.3, 0.4) is 0 Å². The molecular formula is C13H19BrO4. The van der Waals surface area contributed by atoms with E-state index in [0.29, 0.717) is 13.2 Å². The zero-order chi connectivity index (χ0) is 13.4. The standard InChI is InChI=1S/C11H13BrO2.C2H6O2/c1-11(13-6-7-14-11)8-9-2-4-10(12)5-3-9;3-1-2-4/h2-5H,6-8H2,1H3;3-4H,1-2H2. The average molecular weight is 319 g/mol. The number of aliphatic hydroxyl groups is 2. The second kappa shape index (κ2) is 7.86. The third-order valence-electron chi connectivity index (χ3n) is 2.44. The fraction of sp³-hybridized carbons (Fsp3) is 0.538. The van der Waals surface area contributed by atoms with Gasteiger partial charge in [0.05, 0.1) is 26.4 Å². The Morgan fingerprint density at radius 3 is 2.06 bits per heavy atom. The van der Waals surface area contributed by atoms with Gasteiger partial charge < -0.3 is 19.7 Å². The second-order valence-electron chi connectivity index (χ2n) is 4.08. The van der Waals surface area contributed by atoms with Gasteiger partial charge in [-0.15, -0.1) is 0 Å². The smallest absolute Gasteiger partial charge is 0.169 e. The van der Waals surface area contributed by atoms with Gasteiger partial charge in [0.15, 0.2) is 5.79 Å². The fourth-order valence-corrected chi connectivity index (χ4v) is 1.90. The number of halogens is 1. The molecule has 1 aromatic carbocycles. The molecule has 0 bridgehead atoms. The topological polar surface area (TPSA) is 58.9 Å². The molecule has 1 saturated heterocycles. The highest BCUT2D eigenvalue weighted by Crippen LogP contribution is 2.24. The van der Waals surface area contributed by atoms with E-state index in [1.54, 1.807) is 0 Å². The van der Waals surface area contributed by atoms with E-state index in [9.17, 15) is 0 Å². The van der Waals surface area contributed by atoms with Crippen molar-refractivity contribution in [2.75, 3.05) is 26.4 Å². The molecule has 2 N–H and O–H groups in total. The molecule has 0 saturated carbocycles. The monoisotopic (exact) mass is 318 g/mol. The minimum atomic E-state index is -0.423. The number of benzene rings is 1. The molecule has 0 aliphatic carbocycles. The summed E-state index contributed by atoms with van der Waals surface area (Å²) in [7, 11) is 0. The summed E-state index contributed by atoms with van der Waals surface area (Å²) in [6.07, 6.45) is 0.806. The molecule has 1 aromatic rings. The quantitative estimate of drug-likeness (QED) is 0.891. The first-order valence-corrected chi connectivity index (χ1v) is 6.63. The second-order valence-corrected chi connectivity index (χ2v) is 5.00. The summed E-state index contributed by atoms with van der Waals surface area (Å²) in [6, 6.07) is 8.24. The molecule has 0 atom stereocenters. The van der Waals surface area contributed by atoms with Gasteiger partial charge in [-0.2, -0.15) is 0 Å². The highest BCUT2D eigenvalue weighted by molar-refractivity contribution is 9.10. The van der Waals surface area contributed by atoms with Crippen LogP contribution in [-0.4, -0.2) is 42.4 Å². The van der Waals surface area contributed by atoms with Gasteiger partial charge in [0.1, 0.15) is 0 Å². The Morgan fingerprint density at radius 2 is 1.61 bits per heavy atom. The van der Waals surface area contributed by atoms with Crippen LogP contribution in [0.5, 0.6) is 0 Å². The van der Waals surface area contributed by atoms with Crippen LogP contribution < -0.4 is 0 Å². The Hall–Kier alpha value is -0.460. The lowest BCUT2D eigenvalue weighted by Crippen LogP contribution is -2.28. The highest BCUT2D eigenvalue weighted by atomic mass is 79.9. The molecule has 0 aromatic heterocycles. The molecule has 5 heteroatoms. The zero-order valence-electron chi connectivity index (χ0n) is 10.4. The zero-order valence-corrected chi connectivity index (χ0v) is 12.0. The van der Waals surface area contributed by atoms with Gasteiger partial charge in [-0.05, 0) is 24.6 Å². The molecule has 1 fully saturated rings. The molecule has 2 rings (SSSR count). The summed E-state index contributed by atoms with van der Waals surface area (Å²) in [4.78, 5) is 0. The predicted molar refractivity (Wildman–Crippen MR) is 72.3 cm³/mol. The first-order valence-electron chi connectivity index (χ1n) is 5.84. The van der Waals surface area contributed by atoms with E-state index in [0.717, 1.165) is 10.9 Å². The minimum absolute atomic E-state index is 0.125. The Labute approximate surface area is 116 Å². The molecule has 0 amide bonds. The normalized spacial score (nSPS) is 17.1. The largest absolute Gasteiger partial charge is 0.394 e. The third-order valence-corrected chi connectivity index (χ3v) is 2.97. The summed E-state index contributed by atoms with van der Waals surface area (Å²) in [5, 5.41) is 15.2. The van der Waals surface area contributed by atoms with Crippen molar-refractivity contribution in [2.24, 2.45) is 0 Å². The van der Waals surface area contributed by atoms with Crippen molar-refractivity contribution in [3.63, 3.8) is 0 Å². The van der Waals surface area contributed by atoms with Crippen LogP contribution in [-0.2, 0) is 15.9 Å². The van der Waals surface area contributed by atoms with Crippen molar-refractivity contribution in [3.05, 3.63) is 34.3 Å². The van der Waals surface area contributed by atoms with Crippen LogP contribution in [0.15, 0.2) is 28.7 Å². The van der Waals surface area contributed by atoms with Gasteiger partial charge in [0.2, 0.25) is 0 Å². The molecule has 102 valence electrons. The lowest BCUT2D eigenvalue weighted by Gasteiger charge is -2.22. The number of hydrogen-bond acceptors (Lipinski definition) is 4. The summed E-state index contributed by atoms with van der Waals surface area (Å²) in [5.41, 5.74) is 1.23. The van der Waals surface area contributed by atoms with E-state index in [1.165, 1.54) is 5.56 Å². The Balaban J connectivity index is 0.000000357. The maximum atomic E-state index is 7.62. The van der Waals surface area contributed by atoms with Gasteiger partial charge in [-0.25, -0.2) is 0 Å². The fourth-order valence-electron chi connectivity index (χ4n) is 1.63.